The summed E-state index contributed by atoms with van der Waals surface area (Å²) in [5.41, 5.74) is 5.34. The first-order valence-electron chi connectivity index (χ1n) is 19.8. The van der Waals surface area contributed by atoms with Crippen molar-refractivity contribution in [2.75, 3.05) is 24.6 Å². The summed E-state index contributed by atoms with van der Waals surface area (Å²) < 4.78 is 2.13. The molecule has 310 valence electrons. The third-order valence-corrected chi connectivity index (χ3v) is 12.1. The number of carbonyl (C=O) groups excluding carboxylic acids is 3. The van der Waals surface area contributed by atoms with E-state index in [1.807, 2.05) is 44.2 Å². The van der Waals surface area contributed by atoms with E-state index < -0.39 is 0 Å². The highest BCUT2D eigenvalue weighted by atomic mass is 35.5. The summed E-state index contributed by atoms with van der Waals surface area (Å²) in [6.07, 6.45) is 7.59. The number of hydrazone groups is 1. The van der Waals surface area contributed by atoms with Gasteiger partial charge in [-0.3, -0.25) is 29.0 Å². The Morgan fingerprint density at radius 2 is 1.52 bits per heavy atom. The first-order valence-corrected chi connectivity index (χ1v) is 21.7. The number of halogens is 3. The lowest BCUT2D eigenvalue weighted by Crippen LogP contribution is -2.34. The fraction of sp³-hybridized carbons (Fsp3) is 0.452. The average molecular weight is 869 g/mol. The number of aliphatic imine (C=N–C) groups is 1. The predicted octanol–water partition coefficient (Wildman–Crippen LogP) is 8.90. The second-order valence-corrected chi connectivity index (χ2v) is 17.0. The number of hydrogen-bond acceptors (Lipinski definition) is 9. The normalized spacial score (nSPS) is 14.3. The molecule has 0 saturated carbocycles. The van der Waals surface area contributed by atoms with Crippen LogP contribution in [-0.4, -0.2) is 63.7 Å². The number of hydrogen-bond donors (Lipinski definition) is 3. The smallest absolute Gasteiger partial charge is 0.225 e. The molecule has 16 heteroatoms. The lowest BCUT2D eigenvalue weighted by molar-refractivity contribution is -0.122. The van der Waals surface area contributed by atoms with Gasteiger partial charge < -0.3 is 16.0 Å². The van der Waals surface area contributed by atoms with Gasteiger partial charge in [-0.25, -0.2) is 0 Å². The number of thiophene rings is 1. The number of benzene rings is 2. The van der Waals surface area contributed by atoms with Crippen LogP contribution in [0.15, 0.2) is 52.6 Å². The van der Waals surface area contributed by atoms with Crippen LogP contribution in [0.4, 0.5) is 5.69 Å². The second-order valence-electron chi connectivity index (χ2n) is 14.6. The molecule has 2 aliphatic heterocycles. The van der Waals surface area contributed by atoms with E-state index >= 15 is 0 Å². The molecule has 3 amide bonds. The van der Waals surface area contributed by atoms with Crippen molar-refractivity contribution in [1.29, 1.82) is 0 Å². The Balaban J connectivity index is 0.000000239. The number of fused-ring (bicyclic) bond motifs is 3. The fourth-order valence-corrected chi connectivity index (χ4v) is 8.26. The highest BCUT2D eigenvalue weighted by molar-refractivity contribution is 7.15. The fourth-order valence-electron chi connectivity index (χ4n) is 6.62. The predicted molar refractivity (Wildman–Crippen MR) is 236 cm³/mol. The molecule has 3 N–H and O–H groups in total. The topological polar surface area (TPSA) is 146 Å². The summed E-state index contributed by atoms with van der Waals surface area (Å²) in [5, 5.41) is 26.2. The molecule has 1 unspecified atom stereocenters. The SMILES string of the molecule is CC(=O)NCCCCCCCCC(=O)NCCCC(=O)NC1=NN(c2ccc(Cl)c(Cl)c2)CC1C.Cc1sc2c(c1C)C(c1ccc(Cl)cc1)=NCc1nnc(C)n1-2. The number of unbranched alkanes of at least 4 members (excludes halogenated alkanes) is 5. The second kappa shape index (κ2) is 21.6. The first-order chi connectivity index (χ1) is 27.8. The van der Waals surface area contributed by atoms with Gasteiger partial charge in [0.25, 0.3) is 0 Å². The van der Waals surface area contributed by atoms with Crippen molar-refractivity contribution in [2.45, 2.75) is 99.0 Å². The molecular formula is C42H52Cl3N9O3S. The van der Waals surface area contributed by atoms with Crippen LogP contribution in [-0.2, 0) is 20.9 Å². The van der Waals surface area contributed by atoms with E-state index in [0.29, 0.717) is 54.8 Å². The molecule has 0 fully saturated rings. The molecule has 2 aromatic heterocycles. The van der Waals surface area contributed by atoms with Crippen molar-refractivity contribution in [1.82, 2.24) is 30.7 Å². The van der Waals surface area contributed by atoms with Crippen LogP contribution in [0.25, 0.3) is 5.00 Å². The van der Waals surface area contributed by atoms with Crippen molar-refractivity contribution in [3.05, 3.63) is 90.7 Å². The highest BCUT2D eigenvalue weighted by Crippen LogP contribution is 2.36. The summed E-state index contributed by atoms with van der Waals surface area (Å²) in [6, 6.07) is 13.2. The van der Waals surface area contributed by atoms with E-state index in [2.05, 4.69) is 49.7 Å². The highest BCUT2D eigenvalue weighted by Gasteiger charge is 2.27. The van der Waals surface area contributed by atoms with Crippen LogP contribution in [0.5, 0.6) is 0 Å². The standard InChI is InChI=1S/C25H37Cl2N5O3.C17H15ClN4S/c1-18-17-32(20-12-13-21(26)22(27)16-20)31-25(18)30-24(35)11-9-15-29-23(34)10-7-5-3-4-6-8-14-28-19(2)33;1-9-10(2)23-17-15(9)16(12-4-6-13(18)7-5-12)19-8-14-21-20-11(3)22(14)17/h12-13,16,18H,3-11,14-15,17H2,1-2H3,(H,28,33)(H,29,34)(H,30,31,35);4-7H,8H2,1-3H3. The van der Waals surface area contributed by atoms with E-state index in [-0.39, 0.29) is 23.6 Å². The molecule has 2 aliphatic rings. The minimum absolute atomic E-state index is 0.0159. The van der Waals surface area contributed by atoms with Crippen molar-refractivity contribution in [3.8, 4) is 5.00 Å². The lowest BCUT2D eigenvalue weighted by atomic mass is 10.00. The van der Waals surface area contributed by atoms with Gasteiger partial charge in [0.05, 0.1) is 28.0 Å². The van der Waals surface area contributed by atoms with Crippen molar-refractivity contribution in [3.63, 3.8) is 0 Å². The Morgan fingerprint density at radius 1 is 0.828 bits per heavy atom. The monoisotopic (exact) mass is 867 g/mol. The maximum absolute atomic E-state index is 12.3. The number of aryl methyl sites for hydroxylation is 2. The molecule has 0 spiro atoms. The van der Waals surface area contributed by atoms with Crippen LogP contribution in [0.3, 0.4) is 0 Å². The molecule has 0 aliphatic carbocycles. The molecule has 1 atom stereocenters. The summed E-state index contributed by atoms with van der Waals surface area (Å²) in [7, 11) is 0. The number of aromatic nitrogens is 3. The van der Waals surface area contributed by atoms with Gasteiger partial charge in [-0.05, 0) is 75.9 Å². The maximum Gasteiger partial charge on any atom is 0.225 e. The minimum Gasteiger partial charge on any atom is -0.356 e. The molecule has 0 bridgehead atoms. The summed E-state index contributed by atoms with van der Waals surface area (Å²) in [6.45, 7) is 12.2. The molecule has 6 rings (SSSR count). The third-order valence-electron chi connectivity index (χ3n) is 9.91. The van der Waals surface area contributed by atoms with Crippen LogP contribution < -0.4 is 21.0 Å². The zero-order valence-corrected chi connectivity index (χ0v) is 36.8. The number of amides is 3. The van der Waals surface area contributed by atoms with Gasteiger partial charge in [-0.15, -0.1) is 21.5 Å². The molecule has 4 aromatic rings. The number of nitrogens with zero attached hydrogens (tertiary/aromatic N) is 6. The van der Waals surface area contributed by atoms with Gasteiger partial charge in [-0.2, -0.15) is 5.10 Å². The van der Waals surface area contributed by atoms with Gasteiger partial charge in [0.2, 0.25) is 17.7 Å². The van der Waals surface area contributed by atoms with Crippen molar-refractivity contribution < 1.29 is 14.4 Å². The van der Waals surface area contributed by atoms with Gasteiger partial charge in [0, 0.05) is 59.8 Å². The molecule has 0 saturated heterocycles. The molecule has 0 radical (unpaired) electrons. The summed E-state index contributed by atoms with van der Waals surface area (Å²) in [5.74, 6) is 2.41. The van der Waals surface area contributed by atoms with Crippen LogP contribution in [0, 0.1) is 26.7 Å². The third kappa shape index (κ3) is 12.4. The summed E-state index contributed by atoms with van der Waals surface area (Å²) >= 11 is 19.9. The molecule has 2 aromatic carbocycles. The number of anilines is 1. The molecule has 58 heavy (non-hydrogen) atoms. The summed E-state index contributed by atoms with van der Waals surface area (Å²) in [4.78, 5) is 41.2. The lowest BCUT2D eigenvalue weighted by Gasteiger charge is -2.14. The number of rotatable bonds is 15. The zero-order chi connectivity index (χ0) is 41.8. The average Bonchev–Trinajstić information content (AvgIpc) is 3.80. The van der Waals surface area contributed by atoms with Gasteiger partial charge in [0.15, 0.2) is 5.82 Å². The van der Waals surface area contributed by atoms with Crippen LogP contribution in [0.2, 0.25) is 15.1 Å². The number of carbonyl (C=O) groups is 3. The van der Waals surface area contributed by atoms with Crippen molar-refractivity contribution >= 4 is 81.1 Å². The number of nitrogens with one attached hydrogen (secondary N) is 3. The maximum atomic E-state index is 12.3. The minimum atomic E-state index is -0.112. The molecule has 4 heterocycles. The van der Waals surface area contributed by atoms with E-state index in [0.717, 1.165) is 83.7 Å². The van der Waals surface area contributed by atoms with Crippen LogP contribution >= 0.6 is 46.1 Å². The van der Waals surface area contributed by atoms with E-state index in [1.165, 1.54) is 22.9 Å². The van der Waals surface area contributed by atoms with Gasteiger partial charge >= 0.3 is 0 Å². The van der Waals surface area contributed by atoms with Crippen LogP contribution in [0.1, 0.15) is 105 Å². The first kappa shape index (κ1) is 44.8. The largest absolute Gasteiger partial charge is 0.356 e. The Labute approximate surface area is 359 Å². The molecular weight excluding hydrogens is 817 g/mol. The van der Waals surface area contributed by atoms with Gasteiger partial charge in [-0.1, -0.05) is 79.5 Å². The Hall–Kier alpha value is -4.30. The Morgan fingerprint density at radius 3 is 2.24 bits per heavy atom. The van der Waals surface area contributed by atoms with Gasteiger partial charge in [0.1, 0.15) is 23.2 Å². The Kier molecular flexibility index (Phi) is 16.7. The Bertz CT molecular complexity index is 2130. The number of amidine groups is 1. The van der Waals surface area contributed by atoms with Crippen molar-refractivity contribution in [2.24, 2.45) is 16.0 Å². The molecule has 12 nitrogen and oxygen atoms in total. The van der Waals surface area contributed by atoms with E-state index in [4.69, 9.17) is 39.8 Å². The quantitative estimate of drug-likeness (QED) is 0.102. The zero-order valence-electron chi connectivity index (χ0n) is 33.8. The van der Waals surface area contributed by atoms with E-state index in [9.17, 15) is 14.4 Å². The van der Waals surface area contributed by atoms with E-state index in [1.54, 1.807) is 28.5 Å².